The average Bonchev–Trinajstić information content (AvgIpc) is 3.46. The molecule has 3 aromatic rings. The Morgan fingerprint density at radius 1 is 1.28 bits per heavy atom. The summed E-state index contributed by atoms with van der Waals surface area (Å²) >= 11 is 0. The minimum Gasteiger partial charge on any atom is -0.493 e. The number of pyridine rings is 2. The van der Waals surface area contributed by atoms with Crippen molar-refractivity contribution in [2.75, 3.05) is 41.9 Å². The number of aryl methyl sites for hydroxylation is 1. The molecule has 3 aromatic heterocycles. The third-order valence-electron chi connectivity index (χ3n) is 7.04. The molecule has 2 bridgehead atoms. The molecule has 2 atom stereocenters. The molecule has 2 fully saturated rings. The first kappa shape index (κ1) is 23.9. The molecule has 0 aliphatic carbocycles. The summed E-state index contributed by atoms with van der Waals surface area (Å²) in [7, 11) is 1.59. The van der Waals surface area contributed by atoms with Crippen molar-refractivity contribution in [1.29, 1.82) is 0 Å². The Bertz CT molecular complexity index is 1260. The van der Waals surface area contributed by atoms with Crippen molar-refractivity contribution in [1.82, 2.24) is 19.9 Å². The largest absolute Gasteiger partial charge is 0.493 e. The maximum Gasteiger partial charge on any atom is 0.327 e. The van der Waals surface area contributed by atoms with Crippen LogP contribution in [0.4, 0.5) is 22.0 Å². The number of methoxy groups -OCH3 is 1. The summed E-state index contributed by atoms with van der Waals surface area (Å²) in [6.07, 6.45) is 8.21. The standard InChI is InChI=1S/C24H29N7O2.CH2O2/c1-15-10-18-11-20(22(33-2)14-31(18)28-15)27-24(32)30-9-7-19-21(6-8-25-23(19)30)29-12-16-4-3-5-17(13-29)26-16;2-1-3/h6,8,10-11,14,16-17,26H,3-5,7,9,12-13H2,1-2H3,(H,27,32);1H,(H,2,3). The van der Waals surface area contributed by atoms with Gasteiger partial charge in [-0.25, -0.2) is 14.3 Å². The van der Waals surface area contributed by atoms with Crippen molar-refractivity contribution >= 4 is 35.2 Å². The van der Waals surface area contributed by atoms with Crippen molar-refractivity contribution in [3.05, 3.63) is 41.9 Å². The van der Waals surface area contributed by atoms with Gasteiger partial charge in [0.15, 0.2) is 5.75 Å². The van der Waals surface area contributed by atoms with E-state index in [0.717, 1.165) is 36.5 Å². The van der Waals surface area contributed by atoms with E-state index in [0.29, 0.717) is 30.1 Å². The van der Waals surface area contributed by atoms with E-state index in [2.05, 4.69) is 31.7 Å². The molecule has 6 rings (SSSR count). The van der Waals surface area contributed by atoms with E-state index in [9.17, 15) is 4.79 Å². The number of amides is 2. The molecule has 2 amide bonds. The van der Waals surface area contributed by atoms with Crippen LogP contribution in [0.1, 0.15) is 30.5 Å². The number of hydrogen-bond donors (Lipinski definition) is 3. The number of anilines is 3. The van der Waals surface area contributed by atoms with Gasteiger partial charge in [-0.2, -0.15) is 5.10 Å². The summed E-state index contributed by atoms with van der Waals surface area (Å²) < 4.78 is 7.26. The highest BCUT2D eigenvalue weighted by Gasteiger charge is 2.34. The fourth-order valence-corrected chi connectivity index (χ4v) is 5.56. The van der Waals surface area contributed by atoms with Crippen LogP contribution in [0.25, 0.3) is 5.52 Å². The van der Waals surface area contributed by atoms with Crippen LogP contribution in [0.2, 0.25) is 0 Å². The lowest BCUT2D eigenvalue weighted by Gasteiger charge is -2.44. The molecule has 0 aromatic carbocycles. The highest BCUT2D eigenvalue weighted by molar-refractivity contribution is 6.04. The number of carboxylic acid groups (broad SMARTS) is 1. The van der Waals surface area contributed by atoms with Crippen LogP contribution in [0.3, 0.4) is 0 Å². The topological polar surface area (TPSA) is 124 Å². The highest BCUT2D eigenvalue weighted by Crippen LogP contribution is 2.36. The van der Waals surface area contributed by atoms with Gasteiger partial charge in [-0.3, -0.25) is 9.69 Å². The number of fused-ring (bicyclic) bond motifs is 4. The number of piperazine rings is 1. The lowest BCUT2D eigenvalue weighted by atomic mass is 9.93. The molecule has 190 valence electrons. The third kappa shape index (κ3) is 4.53. The average molecular weight is 494 g/mol. The molecule has 3 N–H and O–H groups in total. The van der Waals surface area contributed by atoms with Gasteiger partial charge in [-0.15, -0.1) is 0 Å². The highest BCUT2D eigenvalue weighted by atomic mass is 16.5. The van der Waals surface area contributed by atoms with Crippen LogP contribution in [0.15, 0.2) is 30.6 Å². The third-order valence-corrected chi connectivity index (χ3v) is 7.04. The fourth-order valence-electron chi connectivity index (χ4n) is 5.56. The Kier molecular flexibility index (Phi) is 6.64. The molecular formula is C25H31N7O4. The zero-order chi connectivity index (χ0) is 25.2. The summed E-state index contributed by atoms with van der Waals surface area (Å²) in [4.78, 5) is 30.5. The predicted molar refractivity (Wildman–Crippen MR) is 136 cm³/mol. The molecule has 0 spiro atoms. The Morgan fingerprint density at radius 2 is 2.03 bits per heavy atom. The Labute approximate surface area is 209 Å². The van der Waals surface area contributed by atoms with Gasteiger partial charge in [-0.05, 0) is 44.4 Å². The Balaban J connectivity index is 0.000000848. The zero-order valence-corrected chi connectivity index (χ0v) is 20.5. The number of nitrogens with one attached hydrogen (secondary N) is 2. The molecule has 2 unspecified atom stereocenters. The molecule has 11 heteroatoms. The summed E-state index contributed by atoms with van der Waals surface area (Å²) in [6.45, 7) is 4.33. The fraction of sp³-hybridized carbons (Fsp3) is 0.440. The second kappa shape index (κ2) is 10.0. The smallest absolute Gasteiger partial charge is 0.327 e. The van der Waals surface area contributed by atoms with Crippen molar-refractivity contribution in [2.24, 2.45) is 0 Å². The van der Waals surface area contributed by atoms with Crippen LogP contribution in [0.5, 0.6) is 5.75 Å². The van der Waals surface area contributed by atoms with Crippen molar-refractivity contribution in [2.45, 2.75) is 44.7 Å². The molecular weight excluding hydrogens is 462 g/mol. The zero-order valence-electron chi connectivity index (χ0n) is 20.5. The number of carbonyl (C=O) groups is 2. The molecule has 2 saturated heterocycles. The minimum atomic E-state index is -0.250. The summed E-state index contributed by atoms with van der Waals surface area (Å²) in [5.74, 6) is 1.32. The second-order valence-electron chi connectivity index (χ2n) is 9.38. The van der Waals surface area contributed by atoms with Crippen LogP contribution in [-0.2, 0) is 11.2 Å². The molecule has 6 heterocycles. The molecule has 0 saturated carbocycles. The van der Waals surface area contributed by atoms with E-state index in [1.165, 1.54) is 30.5 Å². The predicted octanol–water partition coefficient (Wildman–Crippen LogP) is 2.67. The van der Waals surface area contributed by atoms with Gasteiger partial charge in [0.05, 0.1) is 30.2 Å². The number of carbonyl (C=O) groups excluding carboxylic acids is 1. The number of aromatic nitrogens is 3. The van der Waals surface area contributed by atoms with E-state index in [1.807, 2.05) is 25.3 Å². The van der Waals surface area contributed by atoms with Crippen molar-refractivity contribution < 1.29 is 19.4 Å². The first-order valence-corrected chi connectivity index (χ1v) is 12.2. The first-order valence-electron chi connectivity index (χ1n) is 12.2. The lowest BCUT2D eigenvalue weighted by molar-refractivity contribution is -0.122. The number of nitrogens with zero attached hydrogens (tertiary/aromatic N) is 5. The summed E-state index contributed by atoms with van der Waals surface area (Å²) in [6, 6.07) is 6.87. The van der Waals surface area contributed by atoms with Crippen molar-refractivity contribution in [3.8, 4) is 5.75 Å². The van der Waals surface area contributed by atoms with E-state index >= 15 is 0 Å². The number of urea groups is 1. The Hall–Kier alpha value is -3.86. The van der Waals surface area contributed by atoms with Gasteiger partial charge in [0.1, 0.15) is 5.82 Å². The van der Waals surface area contributed by atoms with E-state index in [1.54, 1.807) is 22.7 Å². The van der Waals surface area contributed by atoms with Crippen LogP contribution in [-0.4, -0.2) is 71.0 Å². The number of hydrogen-bond acceptors (Lipinski definition) is 7. The second-order valence-corrected chi connectivity index (χ2v) is 9.38. The van der Waals surface area contributed by atoms with E-state index in [4.69, 9.17) is 14.6 Å². The monoisotopic (exact) mass is 493 g/mol. The summed E-state index contributed by atoms with van der Waals surface area (Å²) in [5, 5.41) is 18.1. The van der Waals surface area contributed by atoms with Gasteiger partial charge in [-0.1, -0.05) is 6.42 Å². The van der Waals surface area contributed by atoms with Gasteiger partial charge < -0.3 is 25.4 Å². The first-order chi connectivity index (χ1) is 17.5. The number of ether oxygens (including phenoxy) is 1. The van der Waals surface area contributed by atoms with Gasteiger partial charge >= 0.3 is 6.03 Å². The van der Waals surface area contributed by atoms with Crippen LogP contribution >= 0.6 is 0 Å². The quantitative estimate of drug-likeness (QED) is 0.476. The van der Waals surface area contributed by atoms with Crippen molar-refractivity contribution in [3.63, 3.8) is 0 Å². The molecule has 3 aliphatic heterocycles. The molecule has 36 heavy (non-hydrogen) atoms. The number of piperidine rings is 1. The van der Waals surface area contributed by atoms with E-state index < -0.39 is 0 Å². The van der Waals surface area contributed by atoms with Crippen LogP contribution in [0, 0.1) is 6.92 Å². The normalized spacial score (nSPS) is 20.4. The Morgan fingerprint density at radius 3 is 2.75 bits per heavy atom. The molecule has 0 radical (unpaired) electrons. The SMILES string of the molecule is COc1cn2nc(C)cc2cc1NC(=O)N1CCc2c(N3CC4CCCC(C3)N4)ccnc21.O=CO. The number of rotatable bonds is 3. The molecule has 3 aliphatic rings. The van der Waals surface area contributed by atoms with Crippen LogP contribution < -0.4 is 25.2 Å². The lowest BCUT2D eigenvalue weighted by Crippen LogP contribution is -2.59. The minimum absolute atomic E-state index is 0.200. The van der Waals surface area contributed by atoms with Gasteiger partial charge in [0.25, 0.3) is 6.47 Å². The van der Waals surface area contributed by atoms with E-state index in [-0.39, 0.29) is 12.5 Å². The molecule has 11 nitrogen and oxygen atoms in total. The summed E-state index contributed by atoms with van der Waals surface area (Å²) in [5.41, 5.74) is 4.82. The maximum atomic E-state index is 13.3. The van der Waals surface area contributed by atoms with Gasteiger partial charge in [0, 0.05) is 49.2 Å². The maximum absolute atomic E-state index is 13.3. The van der Waals surface area contributed by atoms with Gasteiger partial charge in [0.2, 0.25) is 0 Å².